The van der Waals surface area contributed by atoms with Crippen molar-refractivity contribution in [3.63, 3.8) is 0 Å². The summed E-state index contributed by atoms with van der Waals surface area (Å²) in [7, 11) is 0. The summed E-state index contributed by atoms with van der Waals surface area (Å²) in [6, 6.07) is 6.59. The Labute approximate surface area is 98.1 Å². The van der Waals surface area contributed by atoms with E-state index in [1.807, 2.05) is 6.07 Å². The maximum absolute atomic E-state index is 11.0. The Morgan fingerprint density at radius 3 is 2.88 bits per heavy atom. The van der Waals surface area contributed by atoms with Gasteiger partial charge < -0.3 is 4.74 Å². The van der Waals surface area contributed by atoms with Crippen molar-refractivity contribution in [2.75, 3.05) is 11.6 Å². The molecule has 2 rings (SSSR count). The summed E-state index contributed by atoms with van der Waals surface area (Å²) in [6.45, 7) is 3.71. The molecule has 0 N–H and O–H groups in total. The molecule has 0 amide bonds. The van der Waals surface area contributed by atoms with Crippen molar-refractivity contribution in [1.29, 1.82) is 5.26 Å². The van der Waals surface area contributed by atoms with Crippen LogP contribution in [0.5, 0.6) is 5.75 Å². The highest BCUT2D eigenvalue weighted by Gasteiger charge is 2.37. The molecule has 0 saturated heterocycles. The number of rotatable bonds is 1. The third-order valence-corrected chi connectivity index (χ3v) is 2.48. The number of anilines is 1. The zero-order valence-electron chi connectivity index (χ0n) is 9.51. The zero-order valence-corrected chi connectivity index (χ0v) is 9.51. The minimum atomic E-state index is -0.631. The summed E-state index contributed by atoms with van der Waals surface area (Å²) in [5.41, 5.74) is 0.0705. The molecule has 17 heavy (non-hydrogen) atoms. The summed E-state index contributed by atoms with van der Waals surface area (Å²) in [6.07, 6.45) is 0. The average Bonchev–Trinajstić information content (AvgIpc) is 2.26. The molecule has 6 heteroatoms. The molecule has 0 saturated carbocycles. The molecule has 0 radical (unpaired) electrons. The highest BCUT2D eigenvalue weighted by molar-refractivity contribution is 5.62. The lowest BCUT2D eigenvalue weighted by Gasteiger charge is -2.35. The molecule has 0 aromatic heterocycles. The fourth-order valence-electron chi connectivity index (χ4n) is 1.80. The number of nitro groups is 1. The van der Waals surface area contributed by atoms with E-state index in [1.54, 1.807) is 26.0 Å². The van der Waals surface area contributed by atoms with Gasteiger partial charge in [-0.25, -0.2) is 10.1 Å². The lowest BCUT2D eigenvalue weighted by Crippen LogP contribution is -2.49. The van der Waals surface area contributed by atoms with Gasteiger partial charge in [-0.05, 0) is 32.0 Å². The summed E-state index contributed by atoms with van der Waals surface area (Å²) < 4.78 is 5.64. The van der Waals surface area contributed by atoms with Crippen LogP contribution >= 0.6 is 0 Å². The van der Waals surface area contributed by atoms with E-state index < -0.39 is 10.6 Å². The SMILES string of the molecule is CC1(C)CN([N+](=O)[O-])c2cc(C#N)ccc2O1. The number of nitrogens with zero attached hydrogens (tertiary/aromatic N) is 3. The fraction of sp³-hybridized carbons (Fsp3) is 0.364. The third-order valence-electron chi connectivity index (χ3n) is 2.48. The minimum absolute atomic E-state index is 0.141. The molecule has 0 unspecified atom stereocenters. The van der Waals surface area contributed by atoms with Crippen LogP contribution in [-0.2, 0) is 0 Å². The number of hydrogen-bond acceptors (Lipinski definition) is 4. The van der Waals surface area contributed by atoms with E-state index >= 15 is 0 Å². The van der Waals surface area contributed by atoms with Gasteiger partial charge in [-0.3, -0.25) is 0 Å². The van der Waals surface area contributed by atoms with Crippen LogP contribution in [0.4, 0.5) is 5.69 Å². The number of hydrazine groups is 1. The lowest BCUT2D eigenvalue weighted by atomic mass is 10.1. The Kier molecular flexibility index (Phi) is 2.39. The molecule has 1 aromatic carbocycles. The summed E-state index contributed by atoms with van der Waals surface area (Å²) in [5.74, 6) is 0.428. The van der Waals surface area contributed by atoms with E-state index in [2.05, 4.69) is 0 Å². The summed E-state index contributed by atoms with van der Waals surface area (Å²) in [5, 5.41) is 20.3. The summed E-state index contributed by atoms with van der Waals surface area (Å²) in [4.78, 5) is 11.0. The van der Waals surface area contributed by atoms with Crippen LogP contribution in [0.25, 0.3) is 0 Å². The van der Waals surface area contributed by atoms with Gasteiger partial charge in [-0.2, -0.15) is 5.26 Å². The largest absolute Gasteiger partial charge is 0.483 e. The number of ether oxygens (including phenoxy) is 1. The molecule has 1 aliphatic heterocycles. The molecule has 1 heterocycles. The topological polar surface area (TPSA) is 79.4 Å². The smallest absolute Gasteiger partial charge is 0.165 e. The van der Waals surface area contributed by atoms with E-state index in [-0.39, 0.29) is 6.54 Å². The molecule has 0 aliphatic carbocycles. The maximum atomic E-state index is 11.0. The van der Waals surface area contributed by atoms with Gasteiger partial charge in [0.15, 0.2) is 5.03 Å². The molecule has 88 valence electrons. The van der Waals surface area contributed by atoms with E-state index in [1.165, 1.54) is 6.07 Å². The molecular weight excluding hydrogens is 222 g/mol. The summed E-state index contributed by atoms with van der Waals surface area (Å²) >= 11 is 0. The first-order chi connectivity index (χ1) is 7.93. The number of hydrogen-bond donors (Lipinski definition) is 0. The van der Waals surface area contributed by atoms with Crippen LogP contribution in [0.2, 0.25) is 0 Å². The van der Waals surface area contributed by atoms with Gasteiger partial charge in [-0.1, -0.05) is 5.01 Å². The second kappa shape index (κ2) is 3.63. The van der Waals surface area contributed by atoms with Gasteiger partial charge in [0.05, 0.1) is 11.6 Å². The molecule has 6 nitrogen and oxygen atoms in total. The van der Waals surface area contributed by atoms with Crippen molar-refractivity contribution < 1.29 is 9.77 Å². The normalized spacial score (nSPS) is 16.6. The van der Waals surface area contributed by atoms with E-state index in [0.29, 0.717) is 17.0 Å². The highest BCUT2D eigenvalue weighted by atomic mass is 16.7. The molecule has 0 atom stereocenters. The quantitative estimate of drug-likeness (QED) is 0.545. The first-order valence-electron chi connectivity index (χ1n) is 5.08. The van der Waals surface area contributed by atoms with Crippen LogP contribution in [-0.4, -0.2) is 17.2 Å². The van der Waals surface area contributed by atoms with Crippen LogP contribution in [0.1, 0.15) is 19.4 Å². The van der Waals surface area contributed by atoms with E-state index in [0.717, 1.165) is 5.01 Å². The van der Waals surface area contributed by atoms with Crippen molar-refractivity contribution in [2.45, 2.75) is 19.4 Å². The Bertz CT molecular complexity index is 519. The average molecular weight is 233 g/mol. The van der Waals surface area contributed by atoms with Crippen LogP contribution in [0, 0.1) is 21.4 Å². The molecule has 1 aromatic rings. The monoisotopic (exact) mass is 233 g/mol. The van der Waals surface area contributed by atoms with E-state index in [9.17, 15) is 10.1 Å². The van der Waals surface area contributed by atoms with Crippen molar-refractivity contribution >= 4 is 5.69 Å². The number of benzene rings is 1. The zero-order chi connectivity index (χ0) is 12.6. The first kappa shape index (κ1) is 11.2. The number of fused-ring (bicyclic) bond motifs is 1. The van der Waals surface area contributed by atoms with Gasteiger partial charge in [-0.15, -0.1) is 0 Å². The standard InChI is InChI=1S/C11H11N3O3/c1-11(2)7-13(14(15)16)9-5-8(6-12)3-4-10(9)17-11/h3-5H,7H2,1-2H3. The minimum Gasteiger partial charge on any atom is -0.483 e. The molecular formula is C11H11N3O3. The predicted molar refractivity (Wildman–Crippen MR) is 60.2 cm³/mol. The predicted octanol–water partition coefficient (Wildman–Crippen LogP) is 1.73. The number of nitriles is 1. The van der Waals surface area contributed by atoms with Crippen LogP contribution in [0.15, 0.2) is 18.2 Å². The first-order valence-corrected chi connectivity index (χ1v) is 5.08. The van der Waals surface area contributed by atoms with Gasteiger partial charge in [0.1, 0.15) is 23.6 Å². The van der Waals surface area contributed by atoms with Crippen molar-refractivity contribution in [1.82, 2.24) is 0 Å². The second-order valence-electron chi connectivity index (χ2n) is 4.45. The Morgan fingerprint density at radius 2 is 2.29 bits per heavy atom. The van der Waals surface area contributed by atoms with Crippen LogP contribution in [0.3, 0.4) is 0 Å². The maximum Gasteiger partial charge on any atom is 0.165 e. The van der Waals surface area contributed by atoms with Gasteiger partial charge in [0.2, 0.25) is 0 Å². The van der Waals surface area contributed by atoms with Gasteiger partial charge in [0.25, 0.3) is 0 Å². The third kappa shape index (κ3) is 1.99. The Balaban J connectivity index is 2.54. The molecule has 0 fully saturated rings. The molecule has 1 aliphatic rings. The molecule has 0 bridgehead atoms. The lowest BCUT2D eigenvalue weighted by molar-refractivity contribution is -0.498. The Morgan fingerprint density at radius 1 is 1.59 bits per heavy atom. The van der Waals surface area contributed by atoms with Crippen molar-refractivity contribution in [3.8, 4) is 11.8 Å². The fourth-order valence-corrected chi connectivity index (χ4v) is 1.80. The van der Waals surface area contributed by atoms with Crippen molar-refractivity contribution in [2.24, 2.45) is 0 Å². The second-order valence-corrected chi connectivity index (χ2v) is 4.45. The van der Waals surface area contributed by atoms with E-state index in [4.69, 9.17) is 10.00 Å². The van der Waals surface area contributed by atoms with Gasteiger partial charge in [0, 0.05) is 0 Å². The van der Waals surface area contributed by atoms with Gasteiger partial charge >= 0.3 is 0 Å². The van der Waals surface area contributed by atoms with Crippen molar-refractivity contribution in [3.05, 3.63) is 33.9 Å². The Hall–Kier alpha value is -2.29. The highest BCUT2D eigenvalue weighted by Crippen LogP contribution is 2.37. The molecule has 0 spiro atoms. The van der Waals surface area contributed by atoms with Crippen LogP contribution < -0.4 is 9.75 Å².